The number of aryl methyl sites for hydroxylation is 1. The molecular formula is C14H22N4O2. The van der Waals surface area contributed by atoms with E-state index in [0.29, 0.717) is 25.4 Å². The monoisotopic (exact) mass is 278 g/mol. The Morgan fingerprint density at radius 3 is 2.75 bits per heavy atom. The first-order chi connectivity index (χ1) is 9.47. The second-order valence-corrected chi connectivity index (χ2v) is 5.68. The lowest BCUT2D eigenvalue weighted by Crippen LogP contribution is -2.58. The molecule has 6 nitrogen and oxygen atoms in total. The summed E-state index contributed by atoms with van der Waals surface area (Å²) >= 11 is 0. The zero-order valence-electron chi connectivity index (χ0n) is 12.3. The van der Waals surface area contributed by atoms with Gasteiger partial charge in [-0.3, -0.25) is 9.59 Å². The normalized spacial score (nSPS) is 19.6. The van der Waals surface area contributed by atoms with E-state index in [0.717, 1.165) is 5.82 Å². The molecule has 0 bridgehead atoms. The number of hydrogen-bond donors (Lipinski definition) is 1. The van der Waals surface area contributed by atoms with E-state index in [9.17, 15) is 9.59 Å². The summed E-state index contributed by atoms with van der Waals surface area (Å²) in [5, 5.41) is 2.78. The van der Waals surface area contributed by atoms with Gasteiger partial charge in [0.05, 0.1) is 6.54 Å². The van der Waals surface area contributed by atoms with Crippen LogP contribution in [0.1, 0.15) is 26.1 Å². The molecule has 0 saturated carbocycles. The smallest absolute Gasteiger partial charge is 0.245 e. The fourth-order valence-electron chi connectivity index (χ4n) is 2.46. The molecule has 20 heavy (non-hydrogen) atoms. The van der Waals surface area contributed by atoms with Crippen LogP contribution in [0.2, 0.25) is 0 Å². The third kappa shape index (κ3) is 3.37. The third-order valence-electron chi connectivity index (χ3n) is 3.52. The third-order valence-corrected chi connectivity index (χ3v) is 3.52. The molecule has 2 rings (SSSR count). The van der Waals surface area contributed by atoms with Gasteiger partial charge in [-0.1, -0.05) is 13.8 Å². The van der Waals surface area contributed by atoms with Crippen molar-refractivity contribution in [2.45, 2.75) is 39.8 Å². The Balaban J connectivity index is 1.97. The Labute approximate surface area is 119 Å². The molecule has 0 radical (unpaired) electrons. The van der Waals surface area contributed by atoms with Gasteiger partial charge in [0, 0.05) is 25.5 Å². The number of hydrogen-bond acceptors (Lipinski definition) is 3. The van der Waals surface area contributed by atoms with Crippen LogP contribution in [-0.2, 0) is 16.1 Å². The maximum absolute atomic E-state index is 12.3. The highest BCUT2D eigenvalue weighted by Crippen LogP contribution is 2.12. The van der Waals surface area contributed by atoms with Gasteiger partial charge >= 0.3 is 0 Å². The molecule has 1 aliphatic heterocycles. The Hall–Kier alpha value is -1.85. The maximum atomic E-state index is 12.3. The van der Waals surface area contributed by atoms with Crippen molar-refractivity contribution in [2.75, 3.05) is 13.1 Å². The Morgan fingerprint density at radius 1 is 1.40 bits per heavy atom. The standard InChI is InChI=1S/C14H22N4O2/c1-10(2)8-12-14(20)18(9-13(19)16-12)7-6-17-5-4-15-11(17)3/h4-5,10,12H,6-9H2,1-3H3,(H,16,19). The summed E-state index contributed by atoms with van der Waals surface area (Å²) in [6.45, 7) is 7.38. The lowest BCUT2D eigenvalue weighted by molar-refractivity contribution is -0.144. The fraction of sp³-hybridized carbons (Fsp3) is 0.643. The van der Waals surface area contributed by atoms with E-state index >= 15 is 0 Å². The Kier molecular flexibility index (Phi) is 4.42. The van der Waals surface area contributed by atoms with Gasteiger partial charge in [0.15, 0.2) is 0 Å². The summed E-state index contributed by atoms with van der Waals surface area (Å²) in [4.78, 5) is 29.8. The summed E-state index contributed by atoms with van der Waals surface area (Å²) < 4.78 is 1.98. The minimum absolute atomic E-state index is 0.0241. The van der Waals surface area contributed by atoms with Crippen LogP contribution in [0.5, 0.6) is 0 Å². The Morgan fingerprint density at radius 2 is 2.15 bits per heavy atom. The second-order valence-electron chi connectivity index (χ2n) is 5.68. The highest BCUT2D eigenvalue weighted by atomic mass is 16.2. The highest BCUT2D eigenvalue weighted by molar-refractivity contribution is 5.94. The first kappa shape index (κ1) is 14.6. The van der Waals surface area contributed by atoms with Crippen molar-refractivity contribution in [3.8, 4) is 0 Å². The van der Waals surface area contributed by atoms with Gasteiger partial charge in [-0.2, -0.15) is 0 Å². The molecule has 0 aromatic carbocycles. The minimum Gasteiger partial charge on any atom is -0.343 e. The maximum Gasteiger partial charge on any atom is 0.245 e. The number of nitrogens with zero attached hydrogens (tertiary/aromatic N) is 3. The van der Waals surface area contributed by atoms with Gasteiger partial charge in [0.25, 0.3) is 0 Å². The van der Waals surface area contributed by atoms with Crippen LogP contribution in [0.15, 0.2) is 12.4 Å². The number of imidazole rings is 1. The molecule has 0 aliphatic carbocycles. The van der Waals surface area contributed by atoms with Crippen molar-refractivity contribution in [3.63, 3.8) is 0 Å². The van der Waals surface area contributed by atoms with E-state index in [1.165, 1.54) is 0 Å². The summed E-state index contributed by atoms with van der Waals surface area (Å²) in [5.74, 6) is 1.24. The first-order valence-corrected chi connectivity index (χ1v) is 7.03. The van der Waals surface area contributed by atoms with Gasteiger partial charge in [0.2, 0.25) is 11.8 Å². The average Bonchev–Trinajstić information content (AvgIpc) is 2.76. The SMILES string of the molecule is Cc1nccn1CCN1CC(=O)NC(CC(C)C)C1=O. The van der Waals surface area contributed by atoms with Gasteiger partial charge in [-0.15, -0.1) is 0 Å². The fourth-order valence-corrected chi connectivity index (χ4v) is 2.46. The summed E-state index contributed by atoms with van der Waals surface area (Å²) in [6.07, 6.45) is 4.31. The van der Waals surface area contributed by atoms with Crippen LogP contribution in [-0.4, -0.2) is 45.4 Å². The molecule has 1 unspecified atom stereocenters. The summed E-state index contributed by atoms with van der Waals surface area (Å²) in [5.41, 5.74) is 0. The molecule has 1 atom stereocenters. The van der Waals surface area contributed by atoms with Crippen LogP contribution in [0, 0.1) is 12.8 Å². The highest BCUT2D eigenvalue weighted by Gasteiger charge is 2.32. The van der Waals surface area contributed by atoms with Crippen molar-refractivity contribution in [3.05, 3.63) is 18.2 Å². The lowest BCUT2D eigenvalue weighted by Gasteiger charge is -2.33. The van der Waals surface area contributed by atoms with Gasteiger partial charge in [-0.05, 0) is 19.3 Å². The second kappa shape index (κ2) is 6.07. The van der Waals surface area contributed by atoms with Crippen LogP contribution in [0.25, 0.3) is 0 Å². The van der Waals surface area contributed by atoms with Gasteiger partial charge in [0.1, 0.15) is 11.9 Å². The predicted molar refractivity (Wildman–Crippen MR) is 74.9 cm³/mol. The molecule has 1 aliphatic rings. The van der Waals surface area contributed by atoms with E-state index in [1.54, 1.807) is 11.1 Å². The number of carbonyl (C=O) groups excluding carboxylic acids is 2. The van der Waals surface area contributed by atoms with Gasteiger partial charge < -0.3 is 14.8 Å². The van der Waals surface area contributed by atoms with Crippen molar-refractivity contribution in [1.82, 2.24) is 19.8 Å². The zero-order chi connectivity index (χ0) is 14.7. The minimum atomic E-state index is -0.375. The number of rotatable bonds is 5. The number of nitrogens with one attached hydrogen (secondary N) is 1. The number of carbonyl (C=O) groups is 2. The van der Waals surface area contributed by atoms with Crippen molar-refractivity contribution >= 4 is 11.8 Å². The Bertz CT molecular complexity index is 495. The lowest BCUT2D eigenvalue weighted by atomic mass is 10.0. The quantitative estimate of drug-likeness (QED) is 0.856. The molecule has 2 heterocycles. The van der Waals surface area contributed by atoms with Crippen LogP contribution < -0.4 is 5.32 Å². The summed E-state index contributed by atoms with van der Waals surface area (Å²) in [6, 6.07) is -0.375. The molecular weight excluding hydrogens is 256 g/mol. The average molecular weight is 278 g/mol. The number of piperazine rings is 1. The summed E-state index contributed by atoms with van der Waals surface area (Å²) in [7, 11) is 0. The number of aromatic nitrogens is 2. The molecule has 1 N–H and O–H groups in total. The van der Waals surface area contributed by atoms with E-state index in [1.807, 2.05) is 31.5 Å². The van der Waals surface area contributed by atoms with E-state index < -0.39 is 0 Å². The van der Waals surface area contributed by atoms with Crippen molar-refractivity contribution < 1.29 is 9.59 Å². The van der Waals surface area contributed by atoms with Crippen LogP contribution in [0.4, 0.5) is 0 Å². The molecule has 1 saturated heterocycles. The largest absolute Gasteiger partial charge is 0.343 e. The molecule has 1 aromatic heterocycles. The molecule has 6 heteroatoms. The predicted octanol–water partition coefficient (Wildman–Crippen LogP) is 0.565. The first-order valence-electron chi connectivity index (χ1n) is 7.03. The van der Waals surface area contributed by atoms with E-state index in [-0.39, 0.29) is 24.4 Å². The van der Waals surface area contributed by atoms with E-state index in [4.69, 9.17) is 0 Å². The number of amides is 2. The molecule has 110 valence electrons. The van der Waals surface area contributed by atoms with Gasteiger partial charge in [-0.25, -0.2) is 4.98 Å². The molecule has 0 spiro atoms. The van der Waals surface area contributed by atoms with Crippen molar-refractivity contribution in [1.29, 1.82) is 0 Å². The zero-order valence-corrected chi connectivity index (χ0v) is 12.3. The van der Waals surface area contributed by atoms with Crippen molar-refractivity contribution in [2.24, 2.45) is 5.92 Å². The topological polar surface area (TPSA) is 67.2 Å². The van der Waals surface area contributed by atoms with Crippen LogP contribution >= 0.6 is 0 Å². The molecule has 2 amide bonds. The molecule has 1 fully saturated rings. The van der Waals surface area contributed by atoms with Crippen LogP contribution in [0.3, 0.4) is 0 Å². The van der Waals surface area contributed by atoms with E-state index in [2.05, 4.69) is 10.3 Å². The molecule has 1 aromatic rings.